The highest BCUT2D eigenvalue weighted by atomic mass is 32.2. The number of aryl methyl sites for hydroxylation is 1. The SMILES string of the molecule is COc1ccnc(CS(=O)(=O)Cc2cc(C(F)(F)F)nn2C)n1. The zero-order valence-electron chi connectivity index (χ0n) is 12.2. The lowest BCUT2D eigenvalue weighted by Crippen LogP contribution is -2.12. The third kappa shape index (κ3) is 4.41. The summed E-state index contributed by atoms with van der Waals surface area (Å²) in [6.07, 6.45) is -3.29. The molecule has 0 radical (unpaired) electrons. The number of nitrogens with zero attached hydrogens (tertiary/aromatic N) is 4. The van der Waals surface area contributed by atoms with Gasteiger partial charge in [0.1, 0.15) is 11.6 Å². The first kappa shape index (κ1) is 17.2. The monoisotopic (exact) mass is 350 g/mol. The zero-order chi connectivity index (χ0) is 17.3. The van der Waals surface area contributed by atoms with E-state index in [0.29, 0.717) is 6.07 Å². The van der Waals surface area contributed by atoms with Gasteiger partial charge >= 0.3 is 6.18 Å². The molecule has 0 amide bonds. The molecule has 0 saturated carbocycles. The number of alkyl halides is 3. The molecule has 0 bridgehead atoms. The molecule has 23 heavy (non-hydrogen) atoms. The second-order valence-corrected chi connectivity index (χ2v) is 6.75. The van der Waals surface area contributed by atoms with E-state index in [1.54, 1.807) is 0 Å². The quantitative estimate of drug-likeness (QED) is 0.809. The minimum absolute atomic E-state index is 0.00237. The van der Waals surface area contributed by atoms with Crippen molar-refractivity contribution >= 4 is 9.84 Å². The van der Waals surface area contributed by atoms with Crippen molar-refractivity contribution in [1.82, 2.24) is 19.7 Å². The van der Waals surface area contributed by atoms with Crippen LogP contribution in [0.15, 0.2) is 18.3 Å². The van der Waals surface area contributed by atoms with Gasteiger partial charge in [-0.1, -0.05) is 0 Å². The molecule has 2 aromatic heterocycles. The Hall–Kier alpha value is -2.17. The van der Waals surface area contributed by atoms with Gasteiger partial charge in [-0.15, -0.1) is 0 Å². The van der Waals surface area contributed by atoms with E-state index in [4.69, 9.17) is 4.74 Å². The van der Waals surface area contributed by atoms with Gasteiger partial charge in [-0.3, -0.25) is 4.68 Å². The Bertz CT molecular complexity index is 802. The third-order valence-corrected chi connectivity index (χ3v) is 4.31. The summed E-state index contributed by atoms with van der Waals surface area (Å²) in [4.78, 5) is 7.68. The Morgan fingerprint density at radius 2 is 2.00 bits per heavy atom. The lowest BCUT2D eigenvalue weighted by atomic mass is 10.4. The fourth-order valence-corrected chi connectivity index (χ4v) is 3.17. The number of methoxy groups -OCH3 is 1. The van der Waals surface area contributed by atoms with Crippen LogP contribution in [0.3, 0.4) is 0 Å². The van der Waals surface area contributed by atoms with Crippen molar-refractivity contribution in [2.45, 2.75) is 17.7 Å². The second-order valence-electron chi connectivity index (χ2n) is 4.69. The summed E-state index contributed by atoms with van der Waals surface area (Å²) in [5.41, 5.74) is -1.21. The van der Waals surface area contributed by atoms with Crippen LogP contribution in [-0.4, -0.2) is 35.3 Å². The first-order chi connectivity index (χ1) is 10.6. The predicted octanol–water partition coefficient (Wildman–Crippen LogP) is 1.35. The normalized spacial score (nSPS) is 12.4. The van der Waals surface area contributed by atoms with Gasteiger partial charge in [0.25, 0.3) is 0 Å². The summed E-state index contributed by atoms with van der Waals surface area (Å²) < 4.78 is 67.8. The van der Waals surface area contributed by atoms with Gasteiger partial charge in [0, 0.05) is 19.3 Å². The lowest BCUT2D eigenvalue weighted by molar-refractivity contribution is -0.141. The fraction of sp³-hybridized carbons (Fsp3) is 0.417. The Labute approximate surface area is 130 Å². The fourth-order valence-electron chi connectivity index (χ4n) is 1.82. The van der Waals surface area contributed by atoms with Crippen molar-refractivity contribution < 1.29 is 26.3 Å². The number of halogens is 3. The molecule has 126 valence electrons. The average molecular weight is 350 g/mol. The maximum absolute atomic E-state index is 12.6. The number of rotatable bonds is 5. The highest BCUT2D eigenvalue weighted by molar-refractivity contribution is 7.89. The van der Waals surface area contributed by atoms with Crippen LogP contribution in [0, 0.1) is 0 Å². The van der Waals surface area contributed by atoms with E-state index in [1.165, 1.54) is 26.4 Å². The van der Waals surface area contributed by atoms with Gasteiger partial charge < -0.3 is 4.74 Å². The summed E-state index contributed by atoms with van der Waals surface area (Å²) in [6, 6.07) is 2.16. The molecule has 2 rings (SSSR count). The van der Waals surface area contributed by atoms with Gasteiger partial charge in [-0.25, -0.2) is 13.4 Å². The van der Waals surface area contributed by atoms with E-state index in [1.807, 2.05) is 0 Å². The number of hydrogen-bond donors (Lipinski definition) is 0. The molecule has 0 N–H and O–H groups in total. The highest BCUT2D eigenvalue weighted by Gasteiger charge is 2.35. The van der Waals surface area contributed by atoms with Crippen molar-refractivity contribution in [3.8, 4) is 5.88 Å². The standard InChI is InChI=1S/C12H13F3N4O3S/c1-19-8(5-9(18-19)12(13,14)15)6-23(20,21)7-10-16-4-3-11(17-10)22-2/h3-5H,6-7H2,1-2H3. The molecule has 7 nitrogen and oxygen atoms in total. The van der Waals surface area contributed by atoms with Crippen molar-refractivity contribution in [3.05, 3.63) is 35.5 Å². The molecule has 0 unspecified atom stereocenters. The highest BCUT2D eigenvalue weighted by Crippen LogP contribution is 2.28. The van der Waals surface area contributed by atoms with Crippen molar-refractivity contribution in [1.29, 1.82) is 0 Å². The van der Waals surface area contributed by atoms with Crippen LogP contribution in [-0.2, 0) is 34.6 Å². The Morgan fingerprint density at radius 3 is 2.57 bits per heavy atom. The van der Waals surface area contributed by atoms with Crippen LogP contribution in [0.5, 0.6) is 5.88 Å². The predicted molar refractivity (Wildman–Crippen MR) is 73.1 cm³/mol. The van der Waals surface area contributed by atoms with Crippen molar-refractivity contribution in [2.75, 3.05) is 7.11 Å². The van der Waals surface area contributed by atoms with Crippen molar-refractivity contribution in [3.63, 3.8) is 0 Å². The van der Waals surface area contributed by atoms with Gasteiger partial charge in [-0.05, 0) is 6.07 Å². The van der Waals surface area contributed by atoms with Gasteiger partial charge in [0.2, 0.25) is 5.88 Å². The summed E-state index contributed by atoms with van der Waals surface area (Å²) in [5.74, 6) is -0.920. The minimum atomic E-state index is -4.63. The number of sulfone groups is 1. The topological polar surface area (TPSA) is 87.0 Å². The molecule has 0 fully saturated rings. The molecule has 0 saturated heterocycles. The molecule has 0 aliphatic carbocycles. The molecule has 0 spiro atoms. The maximum Gasteiger partial charge on any atom is 0.435 e. The van der Waals surface area contributed by atoms with E-state index in [-0.39, 0.29) is 17.4 Å². The molecular formula is C12H13F3N4O3S. The van der Waals surface area contributed by atoms with E-state index in [2.05, 4.69) is 15.1 Å². The molecule has 0 aromatic carbocycles. The second kappa shape index (κ2) is 6.14. The molecule has 2 aromatic rings. The van der Waals surface area contributed by atoms with Gasteiger partial charge in [-0.2, -0.15) is 23.3 Å². The zero-order valence-corrected chi connectivity index (χ0v) is 13.0. The van der Waals surface area contributed by atoms with E-state index >= 15 is 0 Å². The largest absolute Gasteiger partial charge is 0.481 e. The third-order valence-electron chi connectivity index (χ3n) is 2.87. The Kier molecular flexibility index (Phi) is 4.59. The smallest absolute Gasteiger partial charge is 0.435 e. The maximum atomic E-state index is 12.6. The van der Waals surface area contributed by atoms with Crippen LogP contribution >= 0.6 is 0 Å². The number of aromatic nitrogens is 4. The molecule has 0 aliphatic rings. The molecular weight excluding hydrogens is 337 g/mol. The van der Waals surface area contributed by atoms with E-state index < -0.39 is 33.2 Å². The summed E-state index contributed by atoms with van der Waals surface area (Å²) >= 11 is 0. The first-order valence-electron chi connectivity index (χ1n) is 6.27. The lowest BCUT2D eigenvalue weighted by Gasteiger charge is -2.05. The van der Waals surface area contributed by atoms with Crippen LogP contribution < -0.4 is 4.74 Å². The van der Waals surface area contributed by atoms with Crippen LogP contribution in [0.1, 0.15) is 17.2 Å². The van der Waals surface area contributed by atoms with Gasteiger partial charge in [0.05, 0.1) is 18.6 Å². The molecule has 0 aliphatic heterocycles. The van der Waals surface area contributed by atoms with Crippen molar-refractivity contribution in [2.24, 2.45) is 7.05 Å². The minimum Gasteiger partial charge on any atom is -0.481 e. The molecule has 0 atom stereocenters. The average Bonchev–Trinajstić information content (AvgIpc) is 2.79. The summed E-state index contributed by atoms with van der Waals surface area (Å²) in [5, 5.41) is 3.28. The first-order valence-corrected chi connectivity index (χ1v) is 8.09. The van der Waals surface area contributed by atoms with E-state index in [9.17, 15) is 21.6 Å². The number of ether oxygens (including phenoxy) is 1. The van der Waals surface area contributed by atoms with Crippen LogP contribution in [0.4, 0.5) is 13.2 Å². The Morgan fingerprint density at radius 1 is 1.30 bits per heavy atom. The Balaban J connectivity index is 2.20. The van der Waals surface area contributed by atoms with Crippen LogP contribution in [0.25, 0.3) is 0 Å². The van der Waals surface area contributed by atoms with Crippen LogP contribution in [0.2, 0.25) is 0 Å². The summed E-state index contributed by atoms with van der Waals surface area (Å²) in [6.45, 7) is 0. The van der Waals surface area contributed by atoms with Gasteiger partial charge in [0.15, 0.2) is 15.5 Å². The molecule has 11 heteroatoms. The molecule has 2 heterocycles. The van der Waals surface area contributed by atoms with E-state index in [0.717, 1.165) is 4.68 Å². The number of hydrogen-bond acceptors (Lipinski definition) is 6. The summed E-state index contributed by atoms with van der Waals surface area (Å²) in [7, 11) is -1.15.